The number of nitrogens with zero attached hydrogens (tertiary/aromatic N) is 1. The van der Waals surface area contributed by atoms with Gasteiger partial charge >= 0.3 is 5.97 Å². The quantitative estimate of drug-likeness (QED) is 0.547. The second-order valence-electron chi connectivity index (χ2n) is 4.61. The molecule has 106 valence electrons. The summed E-state index contributed by atoms with van der Waals surface area (Å²) in [5.41, 5.74) is 2.68. The molecule has 0 aliphatic carbocycles. The normalized spacial score (nSPS) is 10.8. The third-order valence-electron chi connectivity index (χ3n) is 3.38. The van der Waals surface area contributed by atoms with Crippen molar-refractivity contribution in [2.45, 2.75) is 6.92 Å². The van der Waals surface area contributed by atoms with Crippen LogP contribution in [-0.2, 0) is 4.74 Å². The molecule has 0 unspecified atom stereocenters. The van der Waals surface area contributed by atoms with E-state index in [0.717, 1.165) is 0 Å². The number of ketones is 1. The van der Waals surface area contributed by atoms with Gasteiger partial charge in [0.05, 0.1) is 30.7 Å². The van der Waals surface area contributed by atoms with E-state index < -0.39 is 5.97 Å². The number of carbonyl (C=O) groups is 2. The fraction of sp³-hybridized carbons (Fsp3) is 0.125. The predicted molar refractivity (Wildman–Crippen MR) is 76.4 cm³/mol. The maximum absolute atomic E-state index is 12.2. The van der Waals surface area contributed by atoms with E-state index in [0.29, 0.717) is 27.9 Å². The highest BCUT2D eigenvalue weighted by atomic mass is 16.5. The summed E-state index contributed by atoms with van der Waals surface area (Å²) in [5, 5.41) is 0. The highest BCUT2D eigenvalue weighted by Gasteiger charge is 2.27. The first-order valence-electron chi connectivity index (χ1n) is 6.40. The molecule has 21 heavy (non-hydrogen) atoms. The van der Waals surface area contributed by atoms with Crippen molar-refractivity contribution in [3.8, 4) is 11.1 Å². The number of pyridine rings is 1. The molecule has 5 nitrogen and oxygen atoms in total. The van der Waals surface area contributed by atoms with Crippen molar-refractivity contribution in [1.82, 2.24) is 4.40 Å². The average molecular weight is 283 g/mol. The van der Waals surface area contributed by atoms with Gasteiger partial charge in [-0.05, 0) is 25.1 Å². The van der Waals surface area contributed by atoms with Crippen LogP contribution < -0.4 is 0 Å². The number of carbonyl (C=O) groups excluding carboxylic acids is 2. The van der Waals surface area contributed by atoms with Crippen LogP contribution in [0.4, 0.5) is 0 Å². The molecule has 0 aliphatic heterocycles. The Morgan fingerprint density at radius 1 is 1.24 bits per heavy atom. The predicted octanol–water partition coefficient (Wildman–Crippen LogP) is 3.19. The molecule has 3 aromatic heterocycles. The Labute approximate surface area is 120 Å². The van der Waals surface area contributed by atoms with Gasteiger partial charge in [-0.2, -0.15) is 0 Å². The smallest absolute Gasteiger partial charge is 0.355 e. The van der Waals surface area contributed by atoms with Gasteiger partial charge in [0.15, 0.2) is 5.78 Å². The molecule has 3 heterocycles. The largest absolute Gasteiger partial charge is 0.472 e. The Balaban J connectivity index is 2.49. The summed E-state index contributed by atoms with van der Waals surface area (Å²) in [4.78, 5) is 24.3. The molecule has 0 saturated heterocycles. The number of furan rings is 1. The first kappa shape index (κ1) is 13.2. The van der Waals surface area contributed by atoms with Crippen LogP contribution in [0, 0.1) is 0 Å². The van der Waals surface area contributed by atoms with Crippen LogP contribution in [0.2, 0.25) is 0 Å². The summed E-state index contributed by atoms with van der Waals surface area (Å²) in [6.07, 6.45) is 4.74. The van der Waals surface area contributed by atoms with E-state index in [1.165, 1.54) is 26.6 Å². The van der Waals surface area contributed by atoms with Crippen LogP contribution in [0.3, 0.4) is 0 Å². The zero-order valence-electron chi connectivity index (χ0n) is 11.6. The molecule has 3 rings (SSSR count). The second kappa shape index (κ2) is 4.94. The van der Waals surface area contributed by atoms with E-state index in [1.807, 2.05) is 6.07 Å². The van der Waals surface area contributed by atoms with Crippen LogP contribution in [0.15, 0.2) is 47.4 Å². The van der Waals surface area contributed by atoms with Gasteiger partial charge in [0.2, 0.25) is 0 Å². The number of methoxy groups -OCH3 is 1. The van der Waals surface area contributed by atoms with Crippen LogP contribution in [0.5, 0.6) is 0 Å². The van der Waals surface area contributed by atoms with Gasteiger partial charge in [-0.25, -0.2) is 4.79 Å². The van der Waals surface area contributed by atoms with E-state index in [4.69, 9.17) is 9.15 Å². The van der Waals surface area contributed by atoms with Crippen LogP contribution in [0.1, 0.15) is 27.8 Å². The molecule has 0 N–H and O–H groups in total. The monoisotopic (exact) mass is 283 g/mol. The Morgan fingerprint density at radius 2 is 2.05 bits per heavy atom. The molecule has 0 fully saturated rings. The zero-order chi connectivity index (χ0) is 15.0. The van der Waals surface area contributed by atoms with Crippen LogP contribution in [-0.4, -0.2) is 23.3 Å². The number of ether oxygens (including phenoxy) is 1. The van der Waals surface area contributed by atoms with E-state index in [1.54, 1.807) is 28.8 Å². The molecule has 5 heteroatoms. The van der Waals surface area contributed by atoms with Crippen molar-refractivity contribution in [3.05, 3.63) is 54.2 Å². The molecule has 0 bridgehead atoms. The molecule has 0 atom stereocenters. The molecular weight excluding hydrogens is 270 g/mol. The SMILES string of the molecule is COC(=O)c1c(-c2ccoc2)c(C(C)=O)c2ccccn12. The summed E-state index contributed by atoms with van der Waals surface area (Å²) < 4.78 is 11.6. The van der Waals surface area contributed by atoms with Gasteiger partial charge in [-0.1, -0.05) is 6.07 Å². The lowest BCUT2D eigenvalue weighted by molar-refractivity contribution is 0.0594. The fourth-order valence-corrected chi connectivity index (χ4v) is 2.55. The Morgan fingerprint density at radius 3 is 2.67 bits per heavy atom. The van der Waals surface area contributed by atoms with Crippen molar-refractivity contribution < 1.29 is 18.7 Å². The van der Waals surface area contributed by atoms with Crippen molar-refractivity contribution in [2.75, 3.05) is 7.11 Å². The average Bonchev–Trinajstić information content (AvgIpc) is 3.11. The van der Waals surface area contributed by atoms with Crippen molar-refractivity contribution >= 4 is 17.3 Å². The van der Waals surface area contributed by atoms with Gasteiger partial charge in [-0.15, -0.1) is 0 Å². The molecule has 0 radical (unpaired) electrons. The van der Waals surface area contributed by atoms with E-state index >= 15 is 0 Å². The third kappa shape index (κ3) is 1.94. The van der Waals surface area contributed by atoms with Crippen molar-refractivity contribution in [2.24, 2.45) is 0 Å². The number of rotatable bonds is 3. The maximum atomic E-state index is 12.2. The lowest BCUT2D eigenvalue weighted by atomic mass is 10.0. The first-order valence-corrected chi connectivity index (χ1v) is 6.40. The summed E-state index contributed by atoms with van der Waals surface area (Å²) in [6.45, 7) is 1.48. The molecule has 3 aromatic rings. The van der Waals surface area contributed by atoms with E-state index in [-0.39, 0.29) is 5.78 Å². The zero-order valence-corrected chi connectivity index (χ0v) is 11.6. The number of fused-ring (bicyclic) bond motifs is 1. The highest BCUT2D eigenvalue weighted by molar-refractivity contribution is 6.13. The number of esters is 1. The fourth-order valence-electron chi connectivity index (χ4n) is 2.55. The van der Waals surface area contributed by atoms with Gasteiger partial charge in [0.25, 0.3) is 0 Å². The summed E-state index contributed by atoms with van der Waals surface area (Å²) in [7, 11) is 1.32. The lowest BCUT2D eigenvalue weighted by Gasteiger charge is -2.03. The molecule has 0 aromatic carbocycles. The highest BCUT2D eigenvalue weighted by Crippen LogP contribution is 2.34. The van der Waals surface area contributed by atoms with Crippen LogP contribution in [0.25, 0.3) is 16.6 Å². The molecular formula is C16H13NO4. The summed E-state index contributed by atoms with van der Waals surface area (Å²) in [5.74, 6) is -0.620. The van der Waals surface area contributed by atoms with Gasteiger partial charge in [-0.3, -0.25) is 4.79 Å². The standard InChI is InChI=1S/C16H13NO4/c1-10(18)13-12-5-3-4-7-17(12)15(16(19)20-2)14(13)11-6-8-21-9-11/h3-9H,1-2H3. The van der Waals surface area contributed by atoms with Crippen molar-refractivity contribution in [1.29, 1.82) is 0 Å². The minimum atomic E-state index is -0.500. The topological polar surface area (TPSA) is 60.9 Å². The Kier molecular flexibility index (Phi) is 3.10. The maximum Gasteiger partial charge on any atom is 0.355 e. The lowest BCUT2D eigenvalue weighted by Crippen LogP contribution is -2.06. The van der Waals surface area contributed by atoms with Gasteiger partial charge in [0.1, 0.15) is 5.69 Å². The summed E-state index contributed by atoms with van der Waals surface area (Å²) in [6, 6.07) is 7.13. The minimum absolute atomic E-state index is 0.120. The van der Waals surface area contributed by atoms with Gasteiger partial charge in [0, 0.05) is 17.3 Å². The second-order valence-corrected chi connectivity index (χ2v) is 4.61. The number of aromatic nitrogens is 1. The van der Waals surface area contributed by atoms with E-state index in [9.17, 15) is 9.59 Å². The molecule has 0 spiro atoms. The van der Waals surface area contributed by atoms with Crippen LogP contribution >= 0.6 is 0 Å². The number of Topliss-reactive ketones (excluding diaryl/α,β-unsaturated/α-hetero) is 1. The Bertz CT molecular complexity index is 827. The Hall–Kier alpha value is -2.82. The molecule has 0 amide bonds. The molecule has 0 aliphatic rings. The van der Waals surface area contributed by atoms with Gasteiger partial charge < -0.3 is 13.6 Å². The third-order valence-corrected chi connectivity index (χ3v) is 3.38. The number of hydrogen-bond acceptors (Lipinski definition) is 4. The number of hydrogen-bond donors (Lipinski definition) is 0. The minimum Gasteiger partial charge on any atom is -0.472 e. The molecule has 0 saturated carbocycles. The summed E-state index contributed by atoms with van der Waals surface area (Å²) >= 11 is 0. The van der Waals surface area contributed by atoms with E-state index in [2.05, 4.69) is 0 Å². The first-order chi connectivity index (χ1) is 10.1. The van der Waals surface area contributed by atoms with Crippen molar-refractivity contribution in [3.63, 3.8) is 0 Å².